The Morgan fingerprint density at radius 2 is 1.78 bits per heavy atom. The minimum absolute atomic E-state index is 0.125. The number of unbranched alkanes of at least 4 members (excludes halogenated alkanes) is 1. The maximum atomic E-state index is 12.9. The Morgan fingerprint density at radius 3 is 2.42 bits per heavy atom. The molecule has 0 aliphatic heterocycles. The number of methoxy groups -OCH3 is 1. The summed E-state index contributed by atoms with van der Waals surface area (Å²) in [6.45, 7) is 3.60. The lowest BCUT2D eigenvalue weighted by Gasteiger charge is -2.25. The second kappa shape index (κ2) is 11.6. The highest BCUT2D eigenvalue weighted by Crippen LogP contribution is 2.37. The van der Waals surface area contributed by atoms with Crippen LogP contribution in [-0.4, -0.2) is 22.2 Å². The molecule has 0 aliphatic carbocycles. The maximum absolute atomic E-state index is 12.9. The highest BCUT2D eigenvalue weighted by molar-refractivity contribution is 6.31. The summed E-state index contributed by atoms with van der Waals surface area (Å²) in [5, 5.41) is 10.6. The van der Waals surface area contributed by atoms with Gasteiger partial charge in [0, 0.05) is 23.1 Å². The summed E-state index contributed by atoms with van der Waals surface area (Å²) in [5.74, 6) is 7.67. The highest BCUT2D eigenvalue weighted by Gasteiger charge is 2.33. The van der Waals surface area contributed by atoms with E-state index in [4.69, 9.17) is 21.1 Å². The van der Waals surface area contributed by atoms with Crippen LogP contribution in [-0.2, 0) is 18.4 Å². The van der Waals surface area contributed by atoms with Crippen molar-refractivity contribution in [1.82, 2.24) is 9.97 Å². The zero-order valence-electron chi connectivity index (χ0n) is 20.1. The maximum Gasteiger partial charge on any atom is 0.416 e. The summed E-state index contributed by atoms with van der Waals surface area (Å²) < 4.78 is 49.5. The summed E-state index contributed by atoms with van der Waals surface area (Å²) in [4.78, 5) is 8.59. The smallest absolute Gasteiger partial charge is 0.416 e. The number of alkyl halides is 3. The first-order chi connectivity index (χ1) is 17.0. The van der Waals surface area contributed by atoms with Gasteiger partial charge in [-0.1, -0.05) is 35.7 Å². The monoisotopic (exact) mass is 518 g/mol. The molecular formula is C27H26ClF3N2O3. The third-order valence-electron chi connectivity index (χ3n) is 5.42. The van der Waals surface area contributed by atoms with Crippen LogP contribution in [0.4, 0.5) is 13.2 Å². The average molecular weight is 519 g/mol. The predicted molar refractivity (Wildman–Crippen MR) is 131 cm³/mol. The molecule has 1 atom stereocenters. The van der Waals surface area contributed by atoms with Crippen molar-refractivity contribution < 1.29 is 27.8 Å². The van der Waals surface area contributed by atoms with E-state index in [1.807, 2.05) is 24.3 Å². The third-order valence-corrected chi connectivity index (χ3v) is 5.73. The van der Waals surface area contributed by atoms with Crippen molar-refractivity contribution in [3.05, 3.63) is 81.8 Å². The lowest BCUT2D eigenvalue weighted by atomic mass is 9.90. The number of aromatic nitrogens is 2. The molecule has 1 aromatic heterocycles. The van der Waals surface area contributed by atoms with Gasteiger partial charge in [0.1, 0.15) is 23.9 Å². The standard InChI is InChI=1S/C27H26ClF3N2O3/c1-18-32-21(16-25(33-18)36-17-19-8-11-22(35-3)12-9-19)7-5-4-6-14-26(2,34)23-13-10-20(15-24(23)28)27(29,30)31/h8-13,15-16,34H,4,6,14,17H2,1-3H3. The van der Waals surface area contributed by atoms with Crippen LogP contribution in [0.15, 0.2) is 48.5 Å². The largest absolute Gasteiger partial charge is 0.497 e. The van der Waals surface area contributed by atoms with Gasteiger partial charge in [0.2, 0.25) is 5.88 Å². The average Bonchev–Trinajstić information content (AvgIpc) is 2.81. The molecule has 0 fully saturated rings. The van der Waals surface area contributed by atoms with Gasteiger partial charge in [-0.05, 0) is 62.4 Å². The SMILES string of the molecule is COc1ccc(COc2cc(C#CCCCC(C)(O)c3ccc(C(F)(F)F)cc3Cl)nc(C)n2)cc1. The molecule has 1 unspecified atom stereocenters. The molecule has 2 aromatic carbocycles. The predicted octanol–water partition coefficient (Wildman–Crippen LogP) is 6.47. The molecule has 3 aromatic rings. The summed E-state index contributed by atoms with van der Waals surface area (Å²) in [6, 6.07) is 12.1. The minimum Gasteiger partial charge on any atom is -0.497 e. The van der Waals surface area contributed by atoms with Gasteiger partial charge in [-0.15, -0.1) is 0 Å². The van der Waals surface area contributed by atoms with Gasteiger partial charge in [0.05, 0.1) is 18.3 Å². The first-order valence-electron chi connectivity index (χ1n) is 11.2. The Hall–Kier alpha value is -3.28. The number of benzene rings is 2. The van der Waals surface area contributed by atoms with Gasteiger partial charge >= 0.3 is 6.18 Å². The first kappa shape index (κ1) is 27.3. The Balaban J connectivity index is 1.57. The van der Waals surface area contributed by atoms with Crippen LogP contribution in [0.3, 0.4) is 0 Å². The Morgan fingerprint density at radius 1 is 1.06 bits per heavy atom. The van der Waals surface area contributed by atoms with E-state index < -0.39 is 17.3 Å². The van der Waals surface area contributed by atoms with Crippen LogP contribution in [0.1, 0.15) is 54.4 Å². The van der Waals surface area contributed by atoms with E-state index in [0.717, 1.165) is 23.4 Å². The van der Waals surface area contributed by atoms with Crippen molar-refractivity contribution >= 4 is 11.6 Å². The van der Waals surface area contributed by atoms with Crippen LogP contribution in [0.2, 0.25) is 5.02 Å². The van der Waals surface area contributed by atoms with Crippen LogP contribution in [0.25, 0.3) is 0 Å². The zero-order valence-corrected chi connectivity index (χ0v) is 20.9. The topological polar surface area (TPSA) is 64.5 Å². The number of hydrogen-bond donors (Lipinski definition) is 1. The molecule has 9 heteroatoms. The molecule has 5 nitrogen and oxygen atoms in total. The number of nitrogens with zero attached hydrogens (tertiary/aromatic N) is 2. The molecule has 0 bridgehead atoms. The number of halogens is 4. The van der Waals surface area contributed by atoms with Crippen LogP contribution in [0, 0.1) is 18.8 Å². The molecule has 0 saturated carbocycles. The van der Waals surface area contributed by atoms with Crippen molar-refractivity contribution in [2.24, 2.45) is 0 Å². The molecule has 3 rings (SSSR count). The number of hydrogen-bond acceptors (Lipinski definition) is 5. The molecule has 0 saturated heterocycles. The highest BCUT2D eigenvalue weighted by atomic mass is 35.5. The first-order valence-corrected chi connectivity index (χ1v) is 11.6. The molecular weight excluding hydrogens is 493 g/mol. The lowest BCUT2D eigenvalue weighted by molar-refractivity contribution is -0.137. The number of aryl methyl sites for hydroxylation is 1. The van der Waals surface area contributed by atoms with E-state index >= 15 is 0 Å². The fraction of sp³-hybridized carbons (Fsp3) is 0.333. The van der Waals surface area contributed by atoms with E-state index in [2.05, 4.69) is 21.8 Å². The number of aliphatic hydroxyl groups is 1. The van der Waals surface area contributed by atoms with Crippen molar-refractivity contribution in [1.29, 1.82) is 0 Å². The normalized spacial score (nSPS) is 12.9. The van der Waals surface area contributed by atoms with Gasteiger partial charge in [-0.25, -0.2) is 4.98 Å². The molecule has 0 spiro atoms. The molecule has 0 aliphatic rings. The van der Waals surface area contributed by atoms with Gasteiger partial charge < -0.3 is 14.6 Å². The fourth-order valence-electron chi connectivity index (χ4n) is 3.49. The summed E-state index contributed by atoms with van der Waals surface area (Å²) in [7, 11) is 1.61. The summed E-state index contributed by atoms with van der Waals surface area (Å²) >= 11 is 6.03. The molecule has 1 heterocycles. The minimum atomic E-state index is -4.50. The van der Waals surface area contributed by atoms with E-state index in [0.29, 0.717) is 36.8 Å². The van der Waals surface area contributed by atoms with Gasteiger partial charge in [-0.3, -0.25) is 0 Å². The number of rotatable bonds is 8. The summed E-state index contributed by atoms with van der Waals surface area (Å²) in [6.07, 6.45) is -3.28. The van der Waals surface area contributed by atoms with Crippen LogP contribution >= 0.6 is 11.6 Å². The molecule has 0 amide bonds. The van der Waals surface area contributed by atoms with Crippen LogP contribution in [0.5, 0.6) is 11.6 Å². The molecule has 0 radical (unpaired) electrons. The van der Waals surface area contributed by atoms with Crippen molar-refractivity contribution in [2.75, 3.05) is 7.11 Å². The van der Waals surface area contributed by atoms with Gasteiger partial charge in [0.15, 0.2) is 0 Å². The fourth-order valence-corrected chi connectivity index (χ4v) is 3.88. The second-order valence-corrected chi connectivity index (χ2v) is 8.80. The summed E-state index contributed by atoms with van der Waals surface area (Å²) in [5.41, 5.74) is -0.540. The van der Waals surface area contributed by atoms with Gasteiger partial charge in [-0.2, -0.15) is 18.2 Å². The molecule has 190 valence electrons. The second-order valence-electron chi connectivity index (χ2n) is 8.40. The zero-order chi connectivity index (χ0) is 26.3. The van der Waals surface area contributed by atoms with E-state index in [1.165, 1.54) is 13.0 Å². The molecule has 1 N–H and O–H groups in total. The van der Waals surface area contributed by atoms with E-state index in [-0.39, 0.29) is 17.0 Å². The number of ether oxygens (including phenoxy) is 2. The molecule has 36 heavy (non-hydrogen) atoms. The third kappa shape index (κ3) is 7.61. The Bertz CT molecular complexity index is 1250. The van der Waals surface area contributed by atoms with Crippen LogP contribution < -0.4 is 9.47 Å². The van der Waals surface area contributed by atoms with E-state index in [1.54, 1.807) is 20.1 Å². The lowest BCUT2D eigenvalue weighted by Crippen LogP contribution is -2.22. The van der Waals surface area contributed by atoms with Crippen molar-refractivity contribution in [3.8, 4) is 23.5 Å². The quantitative estimate of drug-likeness (QED) is 0.273. The van der Waals surface area contributed by atoms with Crippen molar-refractivity contribution in [3.63, 3.8) is 0 Å². The van der Waals surface area contributed by atoms with Crippen molar-refractivity contribution in [2.45, 2.75) is 51.5 Å². The Labute approximate surface area is 213 Å². The van der Waals surface area contributed by atoms with E-state index in [9.17, 15) is 18.3 Å². The Kier molecular flexibility index (Phi) is 8.83. The van der Waals surface area contributed by atoms with Gasteiger partial charge in [0.25, 0.3) is 0 Å².